The maximum atomic E-state index is 11.8. The van der Waals surface area contributed by atoms with Crippen LogP contribution in [0.25, 0.3) is 11.5 Å². The average molecular weight is 336 g/mol. The van der Waals surface area contributed by atoms with E-state index in [0.29, 0.717) is 19.7 Å². The largest absolute Gasteiger partial charge is 0.367 e. The Morgan fingerprint density at radius 1 is 1.04 bits per heavy atom. The van der Waals surface area contributed by atoms with Crippen LogP contribution in [0.15, 0.2) is 67.1 Å². The highest BCUT2D eigenvalue weighted by atomic mass is 16.5. The van der Waals surface area contributed by atoms with E-state index in [0.717, 1.165) is 17.1 Å². The minimum Gasteiger partial charge on any atom is -0.367 e. The normalized spacial score (nSPS) is 10.6. The Bertz CT molecular complexity index is 787. The van der Waals surface area contributed by atoms with Crippen molar-refractivity contribution in [3.8, 4) is 11.5 Å². The third kappa shape index (κ3) is 4.99. The number of hydrogen-bond acceptors (Lipinski definition) is 4. The van der Waals surface area contributed by atoms with Gasteiger partial charge in [0.1, 0.15) is 12.3 Å². The molecule has 0 unspecified atom stereocenters. The standard InChI is InChI=1S/C19H20N4O2/c24-18(15-25-14-16-6-2-1-3-7-16)21-10-12-23-13-11-22-19(23)17-8-4-5-9-20-17/h1-9,11,13H,10,12,14-15H2,(H,21,24). The molecule has 25 heavy (non-hydrogen) atoms. The molecule has 0 aliphatic carbocycles. The van der Waals surface area contributed by atoms with E-state index in [-0.39, 0.29) is 12.5 Å². The Labute approximate surface area is 146 Å². The van der Waals surface area contributed by atoms with Crippen LogP contribution in [0.3, 0.4) is 0 Å². The molecule has 128 valence electrons. The van der Waals surface area contributed by atoms with Crippen LogP contribution < -0.4 is 5.32 Å². The van der Waals surface area contributed by atoms with Gasteiger partial charge in [-0.1, -0.05) is 36.4 Å². The molecule has 0 saturated carbocycles. The predicted molar refractivity (Wildman–Crippen MR) is 94.6 cm³/mol. The van der Waals surface area contributed by atoms with Crippen LogP contribution in [0.2, 0.25) is 0 Å². The number of rotatable bonds is 8. The third-order valence-electron chi connectivity index (χ3n) is 3.63. The lowest BCUT2D eigenvalue weighted by Crippen LogP contribution is -2.30. The van der Waals surface area contributed by atoms with E-state index in [4.69, 9.17) is 4.74 Å². The van der Waals surface area contributed by atoms with Crippen molar-refractivity contribution >= 4 is 5.91 Å². The molecule has 0 fully saturated rings. The molecule has 2 heterocycles. The maximum absolute atomic E-state index is 11.8. The van der Waals surface area contributed by atoms with E-state index < -0.39 is 0 Å². The SMILES string of the molecule is O=C(COCc1ccccc1)NCCn1ccnc1-c1ccccn1. The molecule has 1 N–H and O–H groups in total. The summed E-state index contributed by atoms with van der Waals surface area (Å²) in [7, 11) is 0. The number of nitrogens with one attached hydrogen (secondary N) is 1. The quantitative estimate of drug-likeness (QED) is 0.685. The van der Waals surface area contributed by atoms with Crippen LogP contribution in [-0.2, 0) is 22.7 Å². The minimum atomic E-state index is -0.129. The molecule has 1 amide bonds. The second-order valence-corrected chi connectivity index (χ2v) is 5.49. The highest BCUT2D eigenvalue weighted by Crippen LogP contribution is 2.13. The number of pyridine rings is 1. The number of carbonyl (C=O) groups is 1. The van der Waals surface area contributed by atoms with Gasteiger partial charge in [0.05, 0.1) is 6.61 Å². The van der Waals surface area contributed by atoms with E-state index in [9.17, 15) is 4.79 Å². The van der Waals surface area contributed by atoms with Crippen molar-refractivity contribution in [2.45, 2.75) is 13.2 Å². The molecule has 0 spiro atoms. The van der Waals surface area contributed by atoms with Crippen molar-refractivity contribution in [2.24, 2.45) is 0 Å². The lowest BCUT2D eigenvalue weighted by atomic mass is 10.2. The second kappa shape index (κ2) is 8.75. The third-order valence-corrected chi connectivity index (χ3v) is 3.63. The Kier molecular flexibility index (Phi) is 5.90. The molecule has 0 radical (unpaired) electrons. The van der Waals surface area contributed by atoms with Crippen LogP contribution in [0.1, 0.15) is 5.56 Å². The fourth-order valence-corrected chi connectivity index (χ4v) is 2.42. The van der Waals surface area contributed by atoms with Gasteiger partial charge in [0.15, 0.2) is 5.82 Å². The van der Waals surface area contributed by atoms with Crippen molar-refractivity contribution < 1.29 is 9.53 Å². The Morgan fingerprint density at radius 2 is 1.88 bits per heavy atom. The van der Waals surface area contributed by atoms with Gasteiger partial charge >= 0.3 is 0 Å². The highest BCUT2D eigenvalue weighted by Gasteiger charge is 2.07. The molecule has 0 saturated heterocycles. The highest BCUT2D eigenvalue weighted by molar-refractivity contribution is 5.77. The van der Waals surface area contributed by atoms with E-state index in [2.05, 4.69) is 15.3 Å². The van der Waals surface area contributed by atoms with E-state index >= 15 is 0 Å². The molecule has 3 aromatic rings. The number of ether oxygens (including phenoxy) is 1. The minimum absolute atomic E-state index is 0.0475. The van der Waals surface area contributed by atoms with Crippen LogP contribution in [0.4, 0.5) is 0 Å². The summed E-state index contributed by atoms with van der Waals surface area (Å²) in [6.07, 6.45) is 5.34. The first-order valence-electron chi connectivity index (χ1n) is 8.14. The van der Waals surface area contributed by atoms with Gasteiger partial charge in [0.25, 0.3) is 0 Å². The Hall–Kier alpha value is -2.99. The molecule has 0 aliphatic rings. The fraction of sp³-hybridized carbons (Fsp3) is 0.211. The lowest BCUT2D eigenvalue weighted by Gasteiger charge is -2.09. The number of nitrogens with zero attached hydrogens (tertiary/aromatic N) is 3. The number of hydrogen-bond donors (Lipinski definition) is 1. The predicted octanol–water partition coefficient (Wildman–Crippen LogP) is 2.28. The van der Waals surface area contributed by atoms with Gasteiger partial charge in [0.2, 0.25) is 5.91 Å². The van der Waals surface area contributed by atoms with Gasteiger partial charge in [-0.05, 0) is 17.7 Å². The fourth-order valence-electron chi connectivity index (χ4n) is 2.42. The smallest absolute Gasteiger partial charge is 0.246 e. The molecule has 6 heteroatoms. The zero-order chi connectivity index (χ0) is 17.3. The first-order chi connectivity index (χ1) is 12.3. The van der Waals surface area contributed by atoms with Crippen molar-refractivity contribution in [3.05, 3.63) is 72.7 Å². The van der Waals surface area contributed by atoms with Gasteiger partial charge in [-0.15, -0.1) is 0 Å². The lowest BCUT2D eigenvalue weighted by molar-refractivity contribution is -0.126. The number of benzene rings is 1. The molecule has 2 aromatic heterocycles. The van der Waals surface area contributed by atoms with E-state index in [1.54, 1.807) is 12.4 Å². The zero-order valence-electron chi connectivity index (χ0n) is 13.8. The second-order valence-electron chi connectivity index (χ2n) is 5.49. The molecule has 0 aliphatic heterocycles. The van der Waals surface area contributed by atoms with Crippen LogP contribution >= 0.6 is 0 Å². The van der Waals surface area contributed by atoms with E-state index in [1.807, 2.05) is 59.3 Å². The summed E-state index contributed by atoms with van der Waals surface area (Å²) in [5.41, 5.74) is 1.86. The van der Waals surface area contributed by atoms with Gasteiger partial charge in [-0.2, -0.15) is 0 Å². The summed E-state index contributed by atoms with van der Waals surface area (Å²) >= 11 is 0. The van der Waals surface area contributed by atoms with Crippen molar-refractivity contribution in [1.29, 1.82) is 0 Å². The average Bonchev–Trinajstić information content (AvgIpc) is 3.12. The number of carbonyl (C=O) groups excluding carboxylic acids is 1. The molecule has 0 bridgehead atoms. The monoisotopic (exact) mass is 336 g/mol. The molecule has 3 rings (SSSR count). The summed E-state index contributed by atoms with van der Waals surface area (Å²) < 4.78 is 7.39. The zero-order valence-corrected chi connectivity index (χ0v) is 13.8. The maximum Gasteiger partial charge on any atom is 0.246 e. The van der Waals surface area contributed by atoms with Gasteiger partial charge in [-0.3, -0.25) is 9.78 Å². The van der Waals surface area contributed by atoms with Crippen molar-refractivity contribution in [1.82, 2.24) is 19.9 Å². The number of amides is 1. The molecule has 0 atom stereocenters. The molecular weight excluding hydrogens is 316 g/mol. The topological polar surface area (TPSA) is 69.0 Å². The molecular formula is C19H20N4O2. The van der Waals surface area contributed by atoms with Gasteiger partial charge in [-0.25, -0.2) is 4.98 Å². The Morgan fingerprint density at radius 3 is 2.68 bits per heavy atom. The molecule has 6 nitrogen and oxygen atoms in total. The molecule has 1 aromatic carbocycles. The van der Waals surface area contributed by atoms with E-state index in [1.165, 1.54) is 0 Å². The summed E-state index contributed by atoms with van der Waals surface area (Å²) in [4.78, 5) is 20.5. The first-order valence-corrected chi connectivity index (χ1v) is 8.14. The summed E-state index contributed by atoms with van der Waals surface area (Å²) in [5, 5.41) is 2.85. The van der Waals surface area contributed by atoms with Crippen molar-refractivity contribution in [3.63, 3.8) is 0 Å². The summed E-state index contributed by atoms with van der Waals surface area (Å²) in [6.45, 7) is 1.60. The van der Waals surface area contributed by atoms with Crippen molar-refractivity contribution in [2.75, 3.05) is 13.2 Å². The summed E-state index contributed by atoms with van der Waals surface area (Å²) in [5.74, 6) is 0.658. The number of aromatic nitrogens is 3. The van der Waals surface area contributed by atoms with Crippen LogP contribution in [0.5, 0.6) is 0 Å². The van der Waals surface area contributed by atoms with Gasteiger partial charge < -0.3 is 14.6 Å². The van der Waals surface area contributed by atoms with Crippen LogP contribution in [-0.4, -0.2) is 33.6 Å². The number of imidazole rings is 1. The Balaban J connectivity index is 1.41. The van der Waals surface area contributed by atoms with Crippen LogP contribution in [0, 0.1) is 0 Å². The summed E-state index contributed by atoms with van der Waals surface area (Å²) in [6, 6.07) is 15.5. The first kappa shape index (κ1) is 16.9. The van der Waals surface area contributed by atoms with Gasteiger partial charge in [0, 0.05) is 31.7 Å².